The van der Waals surface area contributed by atoms with Crippen molar-refractivity contribution in [3.8, 4) is 0 Å². The van der Waals surface area contributed by atoms with E-state index in [1.54, 1.807) is 7.05 Å². The van der Waals surface area contributed by atoms with Gasteiger partial charge >= 0.3 is 0 Å². The van der Waals surface area contributed by atoms with Crippen molar-refractivity contribution in [2.24, 2.45) is 0 Å². The minimum Gasteiger partial charge on any atom is -0.313 e. The maximum absolute atomic E-state index is 11.8. The number of likely N-dealkylation sites (N-methyl/N-ethyl adjacent to an activating group) is 1. The molecule has 0 aromatic heterocycles. The number of carbonyl (C=O) groups excluding carboxylic acids is 2. The van der Waals surface area contributed by atoms with Crippen LogP contribution >= 0.6 is 0 Å². The van der Waals surface area contributed by atoms with Crippen LogP contribution in [0.4, 0.5) is 0 Å². The normalized spacial score (nSPS) is 30.8. The van der Waals surface area contributed by atoms with E-state index in [1.165, 1.54) is 24.2 Å². The van der Waals surface area contributed by atoms with Crippen LogP contribution in [0.15, 0.2) is 0 Å². The molecule has 0 bridgehead atoms. The van der Waals surface area contributed by atoms with Gasteiger partial charge in [-0.25, -0.2) is 0 Å². The lowest BCUT2D eigenvalue weighted by Gasteiger charge is -2.30. The largest absolute Gasteiger partial charge is 0.313 e. The lowest BCUT2D eigenvalue weighted by Crippen LogP contribution is -2.54. The number of nitrogens with one attached hydrogen (secondary N) is 2. The molecule has 2 atom stereocenters. The van der Waals surface area contributed by atoms with E-state index < -0.39 is 0 Å². The first kappa shape index (κ1) is 12.5. The molecule has 2 unspecified atom stereocenters. The van der Waals surface area contributed by atoms with Gasteiger partial charge in [-0.15, -0.1) is 0 Å². The van der Waals surface area contributed by atoms with E-state index in [1.807, 2.05) is 0 Å². The highest BCUT2D eigenvalue weighted by molar-refractivity contribution is 6.00. The summed E-state index contributed by atoms with van der Waals surface area (Å²) in [6.45, 7) is 1.89. The second kappa shape index (κ2) is 5.60. The zero-order valence-electron chi connectivity index (χ0n) is 10.4. The van der Waals surface area contributed by atoms with Crippen molar-refractivity contribution < 1.29 is 9.59 Å². The molecule has 2 fully saturated rings. The maximum Gasteiger partial charge on any atom is 0.246 e. The van der Waals surface area contributed by atoms with Crippen LogP contribution in [0.25, 0.3) is 0 Å². The number of nitrogens with zero attached hydrogens (tertiary/aromatic N) is 1. The number of piperidine rings is 2. The van der Waals surface area contributed by atoms with E-state index >= 15 is 0 Å². The lowest BCUT2D eigenvalue weighted by molar-refractivity contribution is -0.148. The third-order valence-electron chi connectivity index (χ3n) is 3.67. The molecule has 0 aromatic rings. The average Bonchev–Trinajstić information content (AvgIpc) is 2.36. The van der Waals surface area contributed by atoms with Crippen LogP contribution in [0.2, 0.25) is 0 Å². The van der Waals surface area contributed by atoms with Gasteiger partial charge in [0.15, 0.2) is 0 Å². The van der Waals surface area contributed by atoms with Gasteiger partial charge in [0.05, 0.1) is 6.04 Å². The highest BCUT2D eigenvalue weighted by Gasteiger charge is 2.31. The molecular weight excluding hydrogens is 218 g/mol. The topological polar surface area (TPSA) is 61.4 Å². The highest BCUT2D eigenvalue weighted by atomic mass is 16.2. The summed E-state index contributed by atoms with van der Waals surface area (Å²) in [6.07, 6.45) is 4.78. The van der Waals surface area contributed by atoms with Crippen molar-refractivity contribution in [1.29, 1.82) is 0 Å². The summed E-state index contributed by atoms with van der Waals surface area (Å²) in [5, 5.41) is 6.73. The molecule has 2 saturated heterocycles. The number of imide groups is 1. The van der Waals surface area contributed by atoms with Crippen LogP contribution in [0.3, 0.4) is 0 Å². The Labute approximate surface area is 102 Å². The molecule has 17 heavy (non-hydrogen) atoms. The molecule has 2 aliphatic rings. The number of hydrogen-bond acceptors (Lipinski definition) is 4. The van der Waals surface area contributed by atoms with Crippen LogP contribution < -0.4 is 10.6 Å². The molecule has 0 radical (unpaired) electrons. The lowest BCUT2D eigenvalue weighted by atomic mass is 10.0. The van der Waals surface area contributed by atoms with Crippen molar-refractivity contribution in [3.05, 3.63) is 0 Å². The van der Waals surface area contributed by atoms with Gasteiger partial charge in [-0.3, -0.25) is 14.5 Å². The van der Waals surface area contributed by atoms with Crippen molar-refractivity contribution in [1.82, 2.24) is 15.5 Å². The number of rotatable bonds is 3. The fourth-order valence-electron chi connectivity index (χ4n) is 2.49. The SMILES string of the molecule is CN1C(=O)CCC(NCC2CCCCN2)C1=O. The third kappa shape index (κ3) is 3.04. The summed E-state index contributed by atoms with van der Waals surface area (Å²) in [6, 6.07) is 0.293. The molecule has 0 aliphatic carbocycles. The Morgan fingerprint density at radius 1 is 1.35 bits per heavy atom. The highest BCUT2D eigenvalue weighted by Crippen LogP contribution is 2.12. The molecule has 2 amide bonds. The number of hydrogen-bond donors (Lipinski definition) is 2. The molecule has 2 aliphatic heterocycles. The van der Waals surface area contributed by atoms with Crippen LogP contribution in [0.1, 0.15) is 32.1 Å². The van der Waals surface area contributed by atoms with Gasteiger partial charge in [-0.05, 0) is 25.8 Å². The molecule has 0 aromatic carbocycles. The van der Waals surface area contributed by atoms with Gasteiger partial charge in [0, 0.05) is 26.1 Å². The first-order valence-corrected chi connectivity index (χ1v) is 6.45. The molecule has 2 N–H and O–H groups in total. The van der Waals surface area contributed by atoms with E-state index in [9.17, 15) is 9.59 Å². The number of likely N-dealkylation sites (tertiary alicyclic amines) is 1. The number of carbonyl (C=O) groups is 2. The maximum atomic E-state index is 11.8. The molecule has 0 saturated carbocycles. The zero-order valence-corrected chi connectivity index (χ0v) is 10.4. The van der Waals surface area contributed by atoms with Crippen LogP contribution in [0.5, 0.6) is 0 Å². The third-order valence-corrected chi connectivity index (χ3v) is 3.67. The molecule has 5 heteroatoms. The summed E-state index contributed by atoms with van der Waals surface area (Å²) in [7, 11) is 1.57. The second-order valence-electron chi connectivity index (χ2n) is 4.94. The molecule has 5 nitrogen and oxygen atoms in total. The summed E-state index contributed by atoms with van der Waals surface area (Å²) < 4.78 is 0. The van der Waals surface area contributed by atoms with E-state index in [0.717, 1.165) is 13.1 Å². The Hall–Kier alpha value is -0.940. The number of amides is 2. The molecule has 2 heterocycles. The van der Waals surface area contributed by atoms with Gasteiger partial charge in [-0.1, -0.05) is 6.42 Å². The van der Waals surface area contributed by atoms with Gasteiger partial charge in [0.1, 0.15) is 0 Å². The standard InChI is InChI=1S/C12H21N3O2/c1-15-11(16)6-5-10(12(15)17)14-8-9-4-2-3-7-13-9/h9-10,13-14H,2-8H2,1H3. The van der Waals surface area contributed by atoms with E-state index in [0.29, 0.717) is 18.9 Å². The zero-order chi connectivity index (χ0) is 12.3. The van der Waals surface area contributed by atoms with Crippen molar-refractivity contribution in [2.45, 2.75) is 44.2 Å². The van der Waals surface area contributed by atoms with Crippen LogP contribution in [0, 0.1) is 0 Å². The molecule has 0 spiro atoms. The van der Waals surface area contributed by atoms with Gasteiger partial charge in [0.2, 0.25) is 11.8 Å². The van der Waals surface area contributed by atoms with Crippen LogP contribution in [-0.2, 0) is 9.59 Å². The fraction of sp³-hybridized carbons (Fsp3) is 0.833. The second-order valence-corrected chi connectivity index (χ2v) is 4.94. The summed E-state index contributed by atoms with van der Waals surface area (Å²) in [4.78, 5) is 24.4. The van der Waals surface area contributed by atoms with Crippen LogP contribution in [-0.4, -0.2) is 48.9 Å². The Morgan fingerprint density at radius 3 is 2.88 bits per heavy atom. The minimum atomic E-state index is -0.179. The summed E-state index contributed by atoms with van der Waals surface area (Å²) in [5.41, 5.74) is 0. The monoisotopic (exact) mass is 239 g/mol. The Bertz CT molecular complexity index is 300. The average molecular weight is 239 g/mol. The predicted molar refractivity (Wildman–Crippen MR) is 64.4 cm³/mol. The predicted octanol–water partition coefficient (Wildman–Crippen LogP) is -0.134. The van der Waals surface area contributed by atoms with Crippen molar-refractivity contribution in [3.63, 3.8) is 0 Å². The van der Waals surface area contributed by atoms with Crippen molar-refractivity contribution in [2.75, 3.05) is 20.1 Å². The Kier molecular flexibility index (Phi) is 4.12. The summed E-state index contributed by atoms with van der Waals surface area (Å²) >= 11 is 0. The van der Waals surface area contributed by atoms with E-state index in [2.05, 4.69) is 10.6 Å². The smallest absolute Gasteiger partial charge is 0.246 e. The van der Waals surface area contributed by atoms with Crippen molar-refractivity contribution >= 4 is 11.8 Å². The first-order valence-electron chi connectivity index (χ1n) is 6.45. The van der Waals surface area contributed by atoms with E-state index in [4.69, 9.17) is 0 Å². The Balaban J connectivity index is 1.78. The van der Waals surface area contributed by atoms with Gasteiger partial charge < -0.3 is 10.6 Å². The molecule has 2 rings (SSSR count). The van der Waals surface area contributed by atoms with Gasteiger partial charge in [0.25, 0.3) is 0 Å². The molecule has 96 valence electrons. The molecular formula is C12H21N3O2. The Morgan fingerprint density at radius 2 is 2.18 bits per heavy atom. The van der Waals surface area contributed by atoms with Gasteiger partial charge in [-0.2, -0.15) is 0 Å². The minimum absolute atomic E-state index is 0.0659. The fourth-order valence-corrected chi connectivity index (χ4v) is 2.49. The summed E-state index contributed by atoms with van der Waals surface area (Å²) in [5.74, 6) is -0.152. The quantitative estimate of drug-likeness (QED) is 0.673. The first-order chi connectivity index (χ1) is 8.18. The van der Waals surface area contributed by atoms with E-state index in [-0.39, 0.29) is 17.9 Å².